The Morgan fingerprint density at radius 3 is 2.86 bits per heavy atom. The number of β-lactam (4-membered cyclic amide) rings is 1. The number of hydrogen-bond donors (Lipinski definition) is 3. The van der Waals surface area contributed by atoms with Gasteiger partial charge in [0.1, 0.15) is 22.5 Å². The maximum Gasteiger partial charge on any atom is 0.407 e. The molecule has 29 heavy (non-hydrogen) atoms. The molecule has 0 spiro atoms. The van der Waals surface area contributed by atoms with Crippen LogP contribution in [0.1, 0.15) is 5.69 Å². The summed E-state index contributed by atoms with van der Waals surface area (Å²) in [6, 6.07) is -0.975. The van der Waals surface area contributed by atoms with E-state index in [1.54, 1.807) is 0 Å². The Balaban J connectivity index is 1.73. The summed E-state index contributed by atoms with van der Waals surface area (Å²) in [5.74, 6) is -2.40. The van der Waals surface area contributed by atoms with Gasteiger partial charge in [0.05, 0.1) is 0 Å². The molecule has 1 aromatic rings. The first-order valence-corrected chi connectivity index (χ1v) is 9.94. The lowest BCUT2D eigenvalue weighted by molar-refractivity contribution is -0.156. The molecule has 0 bridgehead atoms. The molecule has 3 heterocycles. The van der Waals surface area contributed by atoms with Crippen LogP contribution in [0.3, 0.4) is 0 Å². The van der Waals surface area contributed by atoms with E-state index in [1.807, 2.05) is 0 Å². The zero-order valence-corrected chi connectivity index (χ0v) is 16.2. The number of rotatable bonds is 7. The zero-order chi connectivity index (χ0) is 21.3. The highest BCUT2D eigenvalue weighted by atomic mass is 32.2. The van der Waals surface area contributed by atoms with Crippen molar-refractivity contribution in [3.05, 3.63) is 23.7 Å². The molecule has 156 valence electrons. The van der Waals surface area contributed by atoms with Crippen LogP contribution in [-0.2, 0) is 19.2 Å². The number of thioether (sulfide) groups is 1. The van der Waals surface area contributed by atoms with Crippen LogP contribution in [0.5, 0.6) is 0 Å². The number of fused-ring (bicyclic) bond motifs is 1. The Kier molecular flexibility index (Phi) is 5.75. The molecule has 0 aromatic carbocycles. The summed E-state index contributed by atoms with van der Waals surface area (Å²) in [6.45, 7) is 0.204. The van der Waals surface area contributed by atoms with Gasteiger partial charge >= 0.3 is 12.6 Å². The number of carboxylic acid groups (broad SMARTS) is 1. The van der Waals surface area contributed by atoms with E-state index in [9.17, 15) is 28.3 Å². The number of hydrogen-bond acceptors (Lipinski definition) is 9. The van der Waals surface area contributed by atoms with Gasteiger partial charge in [0, 0.05) is 17.7 Å². The minimum absolute atomic E-state index is 0.0766. The predicted octanol–water partition coefficient (Wildman–Crippen LogP) is 0.325. The Hall–Kier alpha value is -2.74. The predicted molar refractivity (Wildman–Crippen MR) is 100 cm³/mol. The van der Waals surface area contributed by atoms with E-state index >= 15 is 0 Å². The molecule has 1 aromatic heterocycles. The number of oxime groups is 1. The number of amides is 2. The Morgan fingerprint density at radius 1 is 1.59 bits per heavy atom. The molecule has 0 saturated carbocycles. The average molecular weight is 447 g/mol. The second-order valence-electron chi connectivity index (χ2n) is 6.16. The molecular formula is C15H15F2N5O5S2. The number of alkyl halides is 2. The summed E-state index contributed by atoms with van der Waals surface area (Å²) in [5, 5.41) is 15.9. The number of aliphatic carboxylic acids is 1. The fraction of sp³-hybridized carbons (Fsp3) is 0.400. The summed E-state index contributed by atoms with van der Waals surface area (Å²) in [7, 11) is 0. The number of carbonyl (C=O) groups is 3. The SMILES string of the molecule is C=CC1(C(=O)O)CS[C@@H]2C(NC(=O)C(=NOC(F)F)c3csc(N)n3)C(=O)N2C1. The van der Waals surface area contributed by atoms with Gasteiger partial charge in [-0.2, -0.15) is 8.78 Å². The second-order valence-corrected chi connectivity index (χ2v) is 8.16. The van der Waals surface area contributed by atoms with Gasteiger partial charge in [-0.25, -0.2) is 4.98 Å². The number of halogens is 2. The number of anilines is 1. The van der Waals surface area contributed by atoms with E-state index in [4.69, 9.17) is 5.73 Å². The third kappa shape index (κ3) is 3.89. The van der Waals surface area contributed by atoms with Crippen LogP contribution in [0.2, 0.25) is 0 Å². The van der Waals surface area contributed by atoms with Gasteiger partial charge in [0.2, 0.25) is 5.91 Å². The van der Waals surface area contributed by atoms with E-state index in [0.717, 1.165) is 11.3 Å². The first kappa shape index (κ1) is 21.0. The van der Waals surface area contributed by atoms with Crippen LogP contribution >= 0.6 is 23.1 Å². The van der Waals surface area contributed by atoms with Gasteiger partial charge in [-0.1, -0.05) is 11.2 Å². The lowest BCUT2D eigenvalue weighted by Crippen LogP contribution is -2.73. The molecule has 2 amide bonds. The Morgan fingerprint density at radius 2 is 2.31 bits per heavy atom. The average Bonchev–Trinajstić information content (AvgIpc) is 3.11. The number of nitrogens with zero attached hydrogens (tertiary/aromatic N) is 3. The molecule has 10 nitrogen and oxygen atoms in total. The molecule has 2 saturated heterocycles. The highest BCUT2D eigenvalue weighted by Gasteiger charge is 2.56. The van der Waals surface area contributed by atoms with Crippen LogP contribution in [-0.4, -0.2) is 68.8 Å². The first-order chi connectivity index (χ1) is 13.7. The van der Waals surface area contributed by atoms with Crippen molar-refractivity contribution in [2.75, 3.05) is 18.0 Å². The summed E-state index contributed by atoms with van der Waals surface area (Å²) < 4.78 is 24.7. The first-order valence-electron chi connectivity index (χ1n) is 8.02. The van der Waals surface area contributed by atoms with Crippen molar-refractivity contribution in [2.24, 2.45) is 10.6 Å². The van der Waals surface area contributed by atoms with E-state index < -0.39 is 46.9 Å². The third-order valence-corrected chi connectivity index (χ3v) is 6.64. The van der Waals surface area contributed by atoms with Crippen molar-refractivity contribution < 1.29 is 33.1 Å². The zero-order valence-electron chi connectivity index (χ0n) is 14.6. The van der Waals surface area contributed by atoms with Gasteiger partial charge in [0.25, 0.3) is 5.91 Å². The summed E-state index contributed by atoms with van der Waals surface area (Å²) >= 11 is 2.14. The van der Waals surface area contributed by atoms with Crippen molar-refractivity contribution >= 4 is 51.7 Å². The van der Waals surface area contributed by atoms with Crippen LogP contribution in [0.15, 0.2) is 23.2 Å². The van der Waals surface area contributed by atoms with E-state index in [2.05, 4.69) is 26.9 Å². The molecule has 0 aliphatic carbocycles. The second kappa shape index (κ2) is 7.94. The summed E-state index contributed by atoms with van der Waals surface area (Å²) in [6.07, 6.45) is 1.29. The Bertz CT molecular complexity index is 894. The molecule has 2 aliphatic rings. The van der Waals surface area contributed by atoms with Crippen molar-refractivity contribution in [1.82, 2.24) is 15.2 Å². The van der Waals surface area contributed by atoms with Crippen LogP contribution in [0.25, 0.3) is 0 Å². The standard InChI is InChI=1S/C15H15F2N5O5S2/c1-2-15(12(25)26)4-22-10(24)8(11(22)29-5-15)20-9(23)7(21-27-13(16)17)6-3-28-14(18)19-6/h2-3,8,11,13H,1,4-5H2,(H2,18,19)(H,20,23)(H,25,26)/t8?,11-,15?/m1/s1. The van der Waals surface area contributed by atoms with Gasteiger partial charge in [-0.3, -0.25) is 14.4 Å². The van der Waals surface area contributed by atoms with Crippen LogP contribution in [0, 0.1) is 5.41 Å². The fourth-order valence-corrected chi connectivity index (χ4v) is 4.92. The third-order valence-electron chi connectivity index (χ3n) is 4.41. The maximum absolute atomic E-state index is 12.5. The van der Waals surface area contributed by atoms with E-state index in [-0.39, 0.29) is 23.1 Å². The molecule has 4 N–H and O–H groups in total. The van der Waals surface area contributed by atoms with E-state index in [1.165, 1.54) is 28.1 Å². The van der Waals surface area contributed by atoms with Gasteiger partial charge in [-0.05, 0) is 0 Å². The smallest absolute Gasteiger partial charge is 0.407 e. The Labute approximate surface area is 170 Å². The lowest BCUT2D eigenvalue weighted by atomic mass is 9.87. The van der Waals surface area contributed by atoms with Gasteiger partial charge in [-0.15, -0.1) is 29.7 Å². The monoisotopic (exact) mass is 447 g/mol. The van der Waals surface area contributed by atoms with Crippen molar-refractivity contribution in [3.8, 4) is 0 Å². The lowest BCUT2D eigenvalue weighted by Gasteiger charge is -2.53. The number of thiazole rings is 1. The van der Waals surface area contributed by atoms with Crippen LogP contribution in [0.4, 0.5) is 13.9 Å². The number of carboxylic acids is 1. The highest BCUT2D eigenvalue weighted by Crippen LogP contribution is 2.42. The molecule has 2 fully saturated rings. The number of nitrogens with two attached hydrogens (primary N) is 1. The van der Waals surface area contributed by atoms with Crippen molar-refractivity contribution in [1.29, 1.82) is 0 Å². The van der Waals surface area contributed by atoms with E-state index in [0.29, 0.717) is 0 Å². The quantitative estimate of drug-likeness (QED) is 0.234. The van der Waals surface area contributed by atoms with Gasteiger partial charge in [0.15, 0.2) is 10.8 Å². The van der Waals surface area contributed by atoms with Crippen molar-refractivity contribution in [2.45, 2.75) is 18.0 Å². The van der Waals surface area contributed by atoms with Crippen molar-refractivity contribution in [3.63, 3.8) is 0 Å². The molecule has 3 atom stereocenters. The normalized spacial score (nSPS) is 26.5. The fourth-order valence-electron chi connectivity index (χ4n) is 2.84. The number of nitrogens with one attached hydrogen (secondary N) is 1. The number of nitrogen functional groups attached to an aromatic ring is 1. The largest absolute Gasteiger partial charge is 0.481 e. The molecular weight excluding hydrogens is 432 g/mol. The van der Waals surface area contributed by atoms with Crippen LogP contribution < -0.4 is 11.1 Å². The van der Waals surface area contributed by atoms with Gasteiger partial charge < -0.3 is 25.9 Å². The maximum atomic E-state index is 12.5. The molecule has 2 aliphatic heterocycles. The number of aromatic nitrogens is 1. The summed E-state index contributed by atoms with van der Waals surface area (Å²) in [5.41, 5.74) is 3.58. The molecule has 14 heteroatoms. The number of carbonyl (C=O) groups excluding carboxylic acids is 2. The minimum Gasteiger partial charge on any atom is -0.481 e. The molecule has 2 unspecified atom stereocenters. The topological polar surface area (TPSA) is 147 Å². The molecule has 3 rings (SSSR count). The highest BCUT2D eigenvalue weighted by molar-refractivity contribution is 8.00. The summed E-state index contributed by atoms with van der Waals surface area (Å²) in [4.78, 5) is 45.5. The molecule has 0 radical (unpaired) electrons. The minimum atomic E-state index is -3.26.